The second kappa shape index (κ2) is 7.88. The zero-order valence-corrected chi connectivity index (χ0v) is 16.1. The summed E-state index contributed by atoms with van der Waals surface area (Å²) in [5, 5.41) is 0.545. The summed E-state index contributed by atoms with van der Waals surface area (Å²) >= 11 is 6.09. The Morgan fingerprint density at radius 1 is 0.933 bits per heavy atom. The minimum absolute atomic E-state index is 0.0342. The quantitative estimate of drug-likeness (QED) is 0.361. The van der Waals surface area contributed by atoms with E-state index in [1.807, 2.05) is 0 Å². The number of fused-ring (bicyclic) bond motifs is 1. The van der Waals surface area contributed by atoms with Crippen LogP contribution < -0.4 is 10.2 Å². The van der Waals surface area contributed by atoms with Gasteiger partial charge in [0.05, 0.1) is 10.9 Å². The second-order valence-electron chi connectivity index (χ2n) is 6.54. The molecule has 0 spiro atoms. The standard InChI is InChI=1S/C23H14ClF3O3/c24-18-9-5-4-8-15(18)13-29-16-10-11-17-19(12-16)30-22(23(25,26)27)20(21(17)28)14-6-2-1-3-7-14/h1-12H,13H2. The summed E-state index contributed by atoms with van der Waals surface area (Å²) in [6.07, 6.45) is -4.84. The van der Waals surface area contributed by atoms with Gasteiger partial charge in [0.2, 0.25) is 11.2 Å². The average molecular weight is 431 g/mol. The highest BCUT2D eigenvalue weighted by atomic mass is 35.5. The molecule has 1 heterocycles. The highest BCUT2D eigenvalue weighted by Crippen LogP contribution is 2.37. The summed E-state index contributed by atoms with van der Waals surface area (Å²) in [4.78, 5) is 12.9. The first-order valence-corrected chi connectivity index (χ1v) is 9.32. The molecule has 4 rings (SSSR count). The van der Waals surface area contributed by atoms with E-state index in [1.54, 1.807) is 42.5 Å². The van der Waals surface area contributed by atoms with Gasteiger partial charge in [-0.1, -0.05) is 60.1 Å². The normalized spacial score (nSPS) is 11.6. The lowest BCUT2D eigenvalue weighted by Gasteiger charge is -2.13. The smallest absolute Gasteiger partial charge is 0.450 e. The van der Waals surface area contributed by atoms with Crippen LogP contribution in [0.3, 0.4) is 0 Å². The van der Waals surface area contributed by atoms with Crippen LogP contribution in [0.15, 0.2) is 82.0 Å². The van der Waals surface area contributed by atoms with Crippen molar-refractivity contribution in [1.82, 2.24) is 0 Å². The lowest BCUT2D eigenvalue weighted by molar-refractivity contribution is -0.152. The molecular formula is C23H14ClF3O3. The maximum Gasteiger partial charge on any atom is 0.450 e. The molecule has 7 heteroatoms. The van der Waals surface area contributed by atoms with Crippen LogP contribution in [-0.2, 0) is 12.8 Å². The van der Waals surface area contributed by atoms with Crippen molar-refractivity contribution in [2.24, 2.45) is 0 Å². The topological polar surface area (TPSA) is 39.4 Å². The van der Waals surface area contributed by atoms with Crippen molar-refractivity contribution in [2.45, 2.75) is 12.8 Å². The molecule has 0 saturated carbocycles. The maximum absolute atomic E-state index is 13.7. The van der Waals surface area contributed by atoms with Gasteiger partial charge in [0, 0.05) is 16.7 Å². The van der Waals surface area contributed by atoms with E-state index in [-0.39, 0.29) is 28.9 Å². The molecule has 0 fully saturated rings. The van der Waals surface area contributed by atoms with E-state index in [9.17, 15) is 18.0 Å². The highest BCUT2D eigenvalue weighted by Gasteiger charge is 2.39. The fraction of sp³-hybridized carbons (Fsp3) is 0.0870. The van der Waals surface area contributed by atoms with Gasteiger partial charge in [-0.05, 0) is 23.8 Å². The number of hydrogen-bond donors (Lipinski definition) is 0. The van der Waals surface area contributed by atoms with Crippen LogP contribution in [0.2, 0.25) is 5.02 Å². The molecule has 1 aromatic heterocycles. The molecule has 152 valence electrons. The van der Waals surface area contributed by atoms with E-state index in [4.69, 9.17) is 20.8 Å². The van der Waals surface area contributed by atoms with Gasteiger partial charge in [-0.3, -0.25) is 4.79 Å². The summed E-state index contributed by atoms with van der Waals surface area (Å²) in [6, 6.07) is 18.9. The largest absolute Gasteiger partial charge is 0.489 e. The zero-order valence-electron chi connectivity index (χ0n) is 15.4. The number of ether oxygens (including phenoxy) is 1. The molecule has 30 heavy (non-hydrogen) atoms. The van der Waals surface area contributed by atoms with E-state index in [0.29, 0.717) is 5.02 Å². The van der Waals surface area contributed by atoms with Gasteiger partial charge < -0.3 is 9.15 Å². The van der Waals surface area contributed by atoms with Crippen molar-refractivity contribution in [1.29, 1.82) is 0 Å². The lowest BCUT2D eigenvalue weighted by Crippen LogP contribution is -2.16. The Bertz CT molecular complexity index is 1260. The summed E-state index contributed by atoms with van der Waals surface area (Å²) in [6.45, 7) is 0.115. The van der Waals surface area contributed by atoms with Gasteiger partial charge in [0.1, 0.15) is 17.9 Å². The minimum Gasteiger partial charge on any atom is -0.489 e. The average Bonchev–Trinajstić information content (AvgIpc) is 2.73. The van der Waals surface area contributed by atoms with E-state index in [2.05, 4.69) is 0 Å². The van der Waals surface area contributed by atoms with E-state index >= 15 is 0 Å². The molecule has 3 aromatic carbocycles. The van der Waals surface area contributed by atoms with Crippen LogP contribution in [-0.4, -0.2) is 0 Å². The van der Waals surface area contributed by atoms with Gasteiger partial charge in [-0.15, -0.1) is 0 Å². The van der Waals surface area contributed by atoms with Crippen LogP contribution in [0.1, 0.15) is 11.3 Å². The highest BCUT2D eigenvalue weighted by molar-refractivity contribution is 6.31. The van der Waals surface area contributed by atoms with Crippen molar-refractivity contribution in [3.05, 3.63) is 99.4 Å². The monoisotopic (exact) mass is 430 g/mol. The number of alkyl halides is 3. The first-order chi connectivity index (χ1) is 14.3. The molecule has 0 aliphatic carbocycles. The van der Waals surface area contributed by atoms with Crippen LogP contribution in [0.25, 0.3) is 22.1 Å². The van der Waals surface area contributed by atoms with Gasteiger partial charge in [-0.25, -0.2) is 0 Å². The molecular weight excluding hydrogens is 417 g/mol. The SMILES string of the molecule is O=c1c(-c2ccccc2)c(C(F)(F)F)oc2cc(OCc3ccccc3Cl)ccc12. The molecule has 0 saturated heterocycles. The minimum atomic E-state index is -4.84. The third kappa shape index (κ3) is 3.91. The Kier molecular flexibility index (Phi) is 5.26. The van der Waals surface area contributed by atoms with E-state index in [1.165, 1.54) is 30.3 Å². The van der Waals surface area contributed by atoms with Crippen LogP contribution in [0.4, 0.5) is 13.2 Å². The van der Waals surface area contributed by atoms with E-state index < -0.39 is 22.9 Å². The molecule has 4 aromatic rings. The molecule has 0 unspecified atom stereocenters. The number of rotatable bonds is 4. The van der Waals surface area contributed by atoms with Crippen molar-refractivity contribution in [2.75, 3.05) is 0 Å². The third-order valence-corrected chi connectivity index (χ3v) is 4.90. The van der Waals surface area contributed by atoms with Crippen molar-refractivity contribution in [3.8, 4) is 16.9 Å². The Balaban J connectivity index is 1.79. The fourth-order valence-electron chi connectivity index (χ4n) is 3.11. The van der Waals surface area contributed by atoms with Gasteiger partial charge >= 0.3 is 6.18 Å². The number of benzene rings is 3. The predicted molar refractivity (Wildman–Crippen MR) is 109 cm³/mol. The summed E-state index contributed by atoms with van der Waals surface area (Å²) < 4.78 is 51.8. The molecule has 0 aliphatic heterocycles. The summed E-state index contributed by atoms with van der Waals surface area (Å²) in [5.74, 6) is -1.08. The zero-order chi connectivity index (χ0) is 21.3. The molecule has 3 nitrogen and oxygen atoms in total. The molecule has 0 radical (unpaired) electrons. The summed E-state index contributed by atoms with van der Waals surface area (Å²) in [7, 11) is 0. The number of hydrogen-bond acceptors (Lipinski definition) is 3. The molecule has 0 aliphatic rings. The molecule has 0 N–H and O–H groups in total. The fourth-order valence-corrected chi connectivity index (χ4v) is 3.30. The molecule has 0 amide bonds. The maximum atomic E-state index is 13.7. The van der Waals surface area contributed by atoms with Crippen molar-refractivity contribution in [3.63, 3.8) is 0 Å². The van der Waals surface area contributed by atoms with Gasteiger partial charge in [-0.2, -0.15) is 13.2 Å². The first-order valence-electron chi connectivity index (χ1n) is 8.94. The van der Waals surface area contributed by atoms with Gasteiger partial charge in [0.25, 0.3) is 0 Å². The van der Waals surface area contributed by atoms with Crippen LogP contribution >= 0.6 is 11.6 Å². The molecule has 0 atom stereocenters. The predicted octanol–water partition coefficient (Wildman–Crippen LogP) is 6.71. The molecule has 0 bridgehead atoms. The lowest BCUT2D eigenvalue weighted by atomic mass is 10.0. The number of halogens is 4. The Labute approximate surface area is 174 Å². The van der Waals surface area contributed by atoms with Crippen molar-refractivity contribution >= 4 is 22.6 Å². The third-order valence-electron chi connectivity index (χ3n) is 4.54. The first kappa shape index (κ1) is 20.0. The second-order valence-corrected chi connectivity index (χ2v) is 6.94. The Hall–Kier alpha value is -3.25. The van der Waals surface area contributed by atoms with E-state index in [0.717, 1.165) is 5.56 Å². The van der Waals surface area contributed by atoms with Crippen LogP contribution in [0.5, 0.6) is 5.75 Å². The van der Waals surface area contributed by atoms with Crippen LogP contribution in [0, 0.1) is 0 Å². The summed E-state index contributed by atoms with van der Waals surface area (Å²) in [5.41, 5.74) is -0.618. The Morgan fingerprint density at radius 3 is 2.33 bits per heavy atom. The van der Waals surface area contributed by atoms with Gasteiger partial charge in [0.15, 0.2) is 0 Å². The van der Waals surface area contributed by atoms with Crippen molar-refractivity contribution < 1.29 is 22.3 Å². The Morgan fingerprint density at radius 2 is 1.63 bits per heavy atom.